The van der Waals surface area contributed by atoms with Crippen LogP contribution in [0.4, 0.5) is 4.39 Å². The number of rotatable bonds is 4. The Morgan fingerprint density at radius 2 is 2.00 bits per heavy atom. The topological polar surface area (TPSA) is 18.5 Å². The van der Waals surface area contributed by atoms with Gasteiger partial charge in [-0.1, -0.05) is 6.58 Å². The maximum absolute atomic E-state index is 13.1. The second kappa shape index (κ2) is 4.82. The molecule has 2 nitrogen and oxygen atoms in total. The molecule has 3 heteroatoms. The van der Waals surface area contributed by atoms with Gasteiger partial charge in [0.1, 0.15) is 17.7 Å². The van der Waals surface area contributed by atoms with Crippen molar-refractivity contribution in [3.8, 4) is 11.5 Å². The zero-order chi connectivity index (χ0) is 11.4. The third-order valence-electron chi connectivity index (χ3n) is 2.23. The van der Waals surface area contributed by atoms with Crippen molar-refractivity contribution in [3.63, 3.8) is 0 Å². The monoisotopic (exact) mass is 210 g/mol. The van der Waals surface area contributed by atoms with Gasteiger partial charge in [-0.05, 0) is 24.6 Å². The predicted octanol–water partition coefficient (Wildman–Crippen LogP) is 3.08. The van der Waals surface area contributed by atoms with Crippen LogP contribution in [0.25, 0.3) is 5.57 Å². The van der Waals surface area contributed by atoms with Crippen LogP contribution in [0, 0.1) is 0 Å². The van der Waals surface area contributed by atoms with Gasteiger partial charge in [-0.3, -0.25) is 0 Å². The van der Waals surface area contributed by atoms with E-state index in [0.717, 1.165) is 0 Å². The van der Waals surface area contributed by atoms with Gasteiger partial charge >= 0.3 is 0 Å². The van der Waals surface area contributed by atoms with Crippen LogP contribution in [0.2, 0.25) is 0 Å². The summed E-state index contributed by atoms with van der Waals surface area (Å²) in [4.78, 5) is 0. The minimum Gasteiger partial charge on any atom is -0.497 e. The van der Waals surface area contributed by atoms with Crippen LogP contribution in [-0.4, -0.2) is 20.4 Å². The van der Waals surface area contributed by atoms with E-state index in [4.69, 9.17) is 9.47 Å². The summed E-state index contributed by atoms with van der Waals surface area (Å²) in [5.74, 6) is 1.25. The lowest BCUT2D eigenvalue weighted by Crippen LogP contribution is -1.99. The van der Waals surface area contributed by atoms with Crippen LogP contribution in [0.1, 0.15) is 12.5 Å². The quantitative estimate of drug-likeness (QED) is 0.760. The molecular formula is C12H15FO2. The molecule has 0 saturated carbocycles. The molecule has 0 N–H and O–H groups in total. The van der Waals surface area contributed by atoms with E-state index in [1.807, 2.05) is 0 Å². The minimum absolute atomic E-state index is 0.412. The fraction of sp³-hybridized carbons (Fsp3) is 0.333. The molecule has 1 aromatic rings. The Morgan fingerprint density at radius 3 is 2.47 bits per heavy atom. The lowest BCUT2D eigenvalue weighted by molar-refractivity contribution is 0.391. The fourth-order valence-corrected chi connectivity index (χ4v) is 1.28. The van der Waals surface area contributed by atoms with E-state index < -0.39 is 6.17 Å². The predicted molar refractivity (Wildman–Crippen MR) is 59.2 cm³/mol. The number of alkyl halides is 1. The molecule has 0 amide bonds. The number of hydrogen-bond acceptors (Lipinski definition) is 2. The van der Waals surface area contributed by atoms with Gasteiger partial charge in [-0.25, -0.2) is 4.39 Å². The van der Waals surface area contributed by atoms with Crippen molar-refractivity contribution in [1.29, 1.82) is 0 Å². The first-order chi connectivity index (χ1) is 7.10. The molecule has 1 rings (SSSR count). The molecule has 0 aliphatic carbocycles. The first-order valence-corrected chi connectivity index (χ1v) is 4.65. The standard InChI is InChI=1S/C12H15FO2/c1-8(9(2)13)11-6-5-10(14-3)7-12(11)15-4/h5-7,9H,1H2,2-4H3. The first kappa shape index (κ1) is 11.6. The summed E-state index contributed by atoms with van der Waals surface area (Å²) in [6.45, 7) is 5.14. The van der Waals surface area contributed by atoms with Crippen LogP contribution < -0.4 is 9.47 Å². The molecule has 0 aromatic heterocycles. The number of halogens is 1. The second-order valence-corrected chi connectivity index (χ2v) is 3.21. The molecule has 0 spiro atoms. The van der Waals surface area contributed by atoms with Gasteiger partial charge in [-0.2, -0.15) is 0 Å². The Balaban J connectivity index is 3.13. The molecule has 1 aromatic carbocycles. The number of benzene rings is 1. The normalized spacial score (nSPS) is 12.0. The smallest absolute Gasteiger partial charge is 0.130 e. The molecule has 0 heterocycles. The highest BCUT2D eigenvalue weighted by molar-refractivity contribution is 5.72. The number of allylic oxidation sites excluding steroid dienone is 1. The summed E-state index contributed by atoms with van der Waals surface area (Å²) in [6, 6.07) is 5.21. The van der Waals surface area contributed by atoms with Gasteiger partial charge < -0.3 is 9.47 Å². The fourth-order valence-electron chi connectivity index (χ4n) is 1.28. The van der Waals surface area contributed by atoms with E-state index in [0.29, 0.717) is 22.6 Å². The van der Waals surface area contributed by atoms with E-state index in [9.17, 15) is 4.39 Å². The summed E-state index contributed by atoms with van der Waals surface area (Å²) in [5, 5.41) is 0. The molecule has 1 unspecified atom stereocenters. The molecular weight excluding hydrogens is 195 g/mol. The molecule has 0 aliphatic rings. The molecule has 0 aliphatic heterocycles. The van der Waals surface area contributed by atoms with Gasteiger partial charge in [-0.15, -0.1) is 0 Å². The van der Waals surface area contributed by atoms with E-state index >= 15 is 0 Å². The van der Waals surface area contributed by atoms with E-state index in [1.54, 1.807) is 25.3 Å². The molecule has 82 valence electrons. The van der Waals surface area contributed by atoms with Gasteiger partial charge in [0.2, 0.25) is 0 Å². The Kier molecular flexibility index (Phi) is 3.72. The number of ether oxygens (including phenoxy) is 2. The largest absolute Gasteiger partial charge is 0.497 e. The van der Waals surface area contributed by atoms with Gasteiger partial charge in [0, 0.05) is 11.6 Å². The van der Waals surface area contributed by atoms with Crippen LogP contribution in [0.15, 0.2) is 24.8 Å². The molecule has 0 bridgehead atoms. The Labute approximate surface area is 89.3 Å². The molecule has 0 saturated heterocycles. The van der Waals surface area contributed by atoms with E-state index in [1.165, 1.54) is 14.0 Å². The summed E-state index contributed by atoms with van der Waals surface area (Å²) < 4.78 is 23.3. The summed E-state index contributed by atoms with van der Waals surface area (Å²) in [7, 11) is 3.11. The zero-order valence-electron chi connectivity index (χ0n) is 9.21. The maximum atomic E-state index is 13.1. The van der Waals surface area contributed by atoms with Crippen LogP contribution in [0.3, 0.4) is 0 Å². The maximum Gasteiger partial charge on any atom is 0.130 e. The minimum atomic E-state index is -1.09. The van der Waals surface area contributed by atoms with Gasteiger partial charge in [0.15, 0.2) is 0 Å². The first-order valence-electron chi connectivity index (χ1n) is 4.65. The third kappa shape index (κ3) is 2.49. The van der Waals surface area contributed by atoms with Gasteiger partial charge in [0.25, 0.3) is 0 Å². The van der Waals surface area contributed by atoms with Crippen LogP contribution >= 0.6 is 0 Å². The SMILES string of the molecule is C=C(c1ccc(OC)cc1OC)C(C)F. The Bertz CT molecular complexity index is 359. The highest BCUT2D eigenvalue weighted by Gasteiger charge is 2.12. The molecule has 15 heavy (non-hydrogen) atoms. The van der Waals surface area contributed by atoms with E-state index in [-0.39, 0.29) is 0 Å². The van der Waals surface area contributed by atoms with Crippen molar-refractivity contribution in [2.75, 3.05) is 14.2 Å². The average molecular weight is 210 g/mol. The molecule has 0 fully saturated rings. The summed E-state index contributed by atoms with van der Waals surface area (Å²) >= 11 is 0. The van der Waals surface area contributed by atoms with Crippen molar-refractivity contribution < 1.29 is 13.9 Å². The zero-order valence-corrected chi connectivity index (χ0v) is 9.21. The second-order valence-electron chi connectivity index (χ2n) is 3.21. The summed E-state index contributed by atoms with van der Waals surface area (Å²) in [6.07, 6.45) is -1.09. The Hall–Kier alpha value is -1.51. The highest BCUT2D eigenvalue weighted by Crippen LogP contribution is 2.31. The average Bonchev–Trinajstić information content (AvgIpc) is 2.27. The lowest BCUT2D eigenvalue weighted by Gasteiger charge is -2.13. The third-order valence-corrected chi connectivity index (χ3v) is 2.23. The van der Waals surface area contributed by atoms with Crippen LogP contribution in [0.5, 0.6) is 11.5 Å². The van der Waals surface area contributed by atoms with Crippen molar-refractivity contribution in [2.45, 2.75) is 13.1 Å². The van der Waals surface area contributed by atoms with Crippen LogP contribution in [-0.2, 0) is 0 Å². The van der Waals surface area contributed by atoms with Crippen molar-refractivity contribution in [1.82, 2.24) is 0 Å². The van der Waals surface area contributed by atoms with Crippen molar-refractivity contribution in [2.24, 2.45) is 0 Å². The highest BCUT2D eigenvalue weighted by atomic mass is 19.1. The summed E-state index contributed by atoms with van der Waals surface area (Å²) in [5.41, 5.74) is 1.09. The van der Waals surface area contributed by atoms with E-state index in [2.05, 4.69) is 6.58 Å². The molecule has 1 atom stereocenters. The number of hydrogen-bond donors (Lipinski definition) is 0. The van der Waals surface area contributed by atoms with Crippen molar-refractivity contribution >= 4 is 5.57 Å². The van der Waals surface area contributed by atoms with Gasteiger partial charge in [0.05, 0.1) is 14.2 Å². The molecule has 0 radical (unpaired) electrons. The van der Waals surface area contributed by atoms with Crippen molar-refractivity contribution in [3.05, 3.63) is 30.3 Å². The lowest BCUT2D eigenvalue weighted by atomic mass is 10.0. The number of methoxy groups -OCH3 is 2. The Morgan fingerprint density at radius 1 is 1.33 bits per heavy atom.